The molecule has 3 amide bonds. The third-order valence-electron chi connectivity index (χ3n) is 4.44. The fourth-order valence-corrected chi connectivity index (χ4v) is 4.73. The molecule has 2 aromatic heterocycles. The maximum Gasteiger partial charge on any atom is 0.341 e. The lowest BCUT2D eigenvalue weighted by Gasteiger charge is -2.12. The summed E-state index contributed by atoms with van der Waals surface area (Å²) in [6.07, 6.45) is 0. The Labute approximate surface area is 179 Å². The van der Waals surface area contributed by atoms with Crippen LogP contribution in [0.2, 0.25) is 0 Å². The normalized spacial score (nSPS) is 12.8. The Bertz CT molecular complexity index is 1120. The molecule has 1 aliphatic heterocycles. The van der Waals surface area contributed by atoms with E-state index in [-0.39, 0.29) is 36.4 Å². The molecule has 4 rings (SSSR count). The van der Waals surface area contributed by atoms with E-state index in [1.54, 1.807) is 54.8 Å². The van der Waals surface area contributed by atoms with Crippen LogP contribution in [-0.2, 0) is 11.3 Å². The number of carbonyl (C=O) groups is 4. The van der Waals surface area contributed by atoms with Crippen LogP contribution in [0.4, 0.5) is 5.00 Å². The summed E-state index contributed by atoms with van der Waals surface area (Å²) in [7, 11) is 0. The third kappa shape index (κ3) is 3.64. The average Bonchev–Trinajstić information content (AvgIpc) is 3.45. The van der Waals surface area contributed by atoms with Crippen LogP contribution in [0.1, 0.15) is 52.5 Å². The maximum absolute atomic E-state index is 12.6. The highest BCUT2D eigenvalue weighted by atomic mass is 32.1. The van der Waals surface area contributed by atoms with Crippen LogP contribution < -0.4 is 5.32 Å². The van der Waals surface area contributed by atoms with Crippen molar-refractivity contribution in [3.8, 4) is 0 Å². The number of anilines is 1. The quantitative estimate of drug-likeness (QED) is 0.461. The summed E-state index contributed by atoms with van der Waals surface area (Å²) >= 11 is 2.41. The molecule has 0 unspecified atom stereocenters. The molecule has 152 valence electrons. The van der Waals surface area contributed by atoms with E-state index < -0.39 is 5.97 Å². The Hall–Kier alpha value is -3.30. The molecule has 0 aliphatic carbocycles. The van der Waals surface area contributed by atoms with E-state index in [0.717, 1.165) is 16.2 Å². The standard InChI is InChI=1S/C21H16N2O5S2/c1-2-28-21(27)15-10-12(30-18(15)22-17(24)16-8-5-9-29-16)11-23-19(25)13-6-3-4-7-14(13)20(23)26/h3-10H,2,11H2,1H3,(H,22,24). The summed E-state index contributed by atoms with van der Waals surface area (Å²) in [4.78, 5) is 52.3. The number of carbonyl (C=O) groups excluding carboxylic acids is 4. The molecule has 1 aromatic carbocycles. The highest BCUT2D eigenvalue weighted by Gasteiger charge is 2.35. The summed E-state index contributed by atoms with van der Waals surface area (Å²) in [5.41, 5.74) is 0.908. The molecule has 9 heteroatoms. The molecule has 0 radical (unpaired) electrons. The average molecular weight is 441 g/mol. The number of ether oxygens (including phenoxy) is 1. The zero-order valence-electron chi connectivity index (χ0n) is 15.8. The fourth-order valence-electron chi connectivity index (χ4n) is 3.08. The lowest BCUT2D eigenvalue weighted by atomic mass is 10.1. The minimum absolute atomic E-state index is 0.00170. The summed E-state index contributed by atoms with van der Waals surface area (Å²) in [6.45, 7) is 1.87. The predicted molar refractivity (Wildman–Crippen MR) is 113 cm³/mol. The van der Waals surface area contributed by atoms with Crippen LogP contribution in [0.3, 0.4) is 0 Å². The van der Waals surface area contributed by atoms with Gasteiger partial charge in [-0.2, -0.15) is 0 Å². The van der Waals surface area contributed by atoms with Crippen molar-refractivity contribution >= 4 is 51.4 Å². The van der Waals surface area contributed by atoms with Crippen LogP contribution >= 0.6 is 22.7 Å². The molecule has 0 atom stereocenters. The van der Waals surface area contributed by atoms with Crippen LogP contribution in [0, 0.1) is 0 Å². The monoisotopic (exact) mass is 440 g/mol. The topological polar surface area (TPSA) is 92.8 Å². The Kier molecular flexibility index (Phi) is 5.47. The van der Waals surface area contributed by atoms with Crippen LogP contribution in [0.15, 0.2) is 47.8 Å². The number of imide groups is 1. The lowest BCUT2D eigenvalue weighted by molar-refractivity contribution is 0.0527. The molecule has 7 nitrogen and oxygen atoms in total. The second kappa shape index (κ2) is 8.21. The number of rotatable bonds is 6. The predicted octanol–water partition coefficient (Wildman–Crippen LogP) is 4.03. The van der Waals surface area contributed by atoms with Crippen molar-refractivity contribution in [2.45, 2.75) is 13.5 Å². The van der Waals surface area contributed by atoms with Gasteiger partial charge in [-0.3, -0.25) is 19.3 Å². The Balaban J connectivity index is 1.61. The number of thiophene rings is 2. The van der Waals surface area contributed by atoms with Crippen molar-refractivity contribution in [3.05, 3.63) is 74.3 Å². The van der Waals surface area contributed by atoms with Gasteiger partial charge in [0.1, 0.15) is 5.00 Å². The molecule has 0 fully saturated rings. The lowest BCUT2D eigenvalue weighted by Crippen LogP contribution is -2.28. The fraction of sp³-hybridized carbons (Fsp3) is 0.143. The number of benzene rings is 1. The highest BCUT2D eigenvalue weighted by Crippen LogP contribution is 2.33. The zero-order valence-corrected chi connectivity index (χ0v) is 17.5. The van der Waals surface area contributed by atoms with Crippen LogP contribution in [0.5, 0.6) is 0 Å². The Morgan fingerprint density at radius 1 is 1.07 bits per heavy atom. The largest absolute Gasteiger partial charge is 0.462 e. The summed E-state index contributed by atoms with van der Waals surface area (Å²) < 4.78 is 5.09. The molecular weight excluding hydrogens is 424 g/mol. The van der Waals surface area contributed by atoms with E-state index in [1.807, 2.05) is 0 Å². The number of amides is 3. The summed E-state index contributed by atoms with van der Waals surface area (Å²) in [6, 6.07) is 11.6. The van der Waals surface area contributed by atoms with Crippen molar-refractivity contribution in [3.63, 3.8) is 0 Å². The number of esters is 1. The molecule has 30 heavy (non-hydrogen) atoms. The minimum atomic E-state index is -0.580. The van der Waals surface area contributed by atoms with E-state index >= 15 is 0 Å². The molecule has 0 spiro atoms. The van der Waals surface area contributed by atoms with Gasteiger partial charge >= 0.3 is 5.97 Å². The maximum atomic E-state index is 12.6. The van der Waals surface area contributed by atoms with Gasteiger partial charge in [-0.05, 0) is 36.6 Å². The van der Waals surface area contributed by atoms with Crippen molar-refractivity contribution in [1.82, 2.24) is 4.90 Å². The molecular formula is C21H16N2O5S2. The first-order valence-corrected chi connectivity index (χ1v) is 10.8. The summed E-state index contributed by atoms with van der Waals surface area (Å²) in [5.74, 6) is -1.69. The number of fused-ring (bicyclic) bond motifs is 1. The van der Waals surface area contributed by atoms with Gasteiger partial charge in [-0.15, -0.1) is 22.7 Å². The van der Waals surface area contributed by atoms with E-state index in [9.17, 15) is 19.2 Å². The first-order valence-electron chi connectivity index (χ1n) is 9.09. The van der Waals surface area contributed by atoms with Crippen molar-refractivity contribution < 1.29 is 23.9 Å². The van der Waals surface area contributed by atoms with Crippen LogP contribution in [0.25, 0.3) is 0 Å². The smallest absolute Gasteiger partial charge is 0.341 e. The van der Waals surface area contributed by atoms with Gasteiger partial charge in [0.25, 0.3) is 17.7 Å². The van der Waals surface area contributed by atoms with Gasteiger partial charge in [-0.25, -0.2) is 4.79 Å². The first-order chi connectivity index (χ1) is 14.5. The number of hydrogen-bond acceptors (Lipinski definition) is 7. The van der Waals surface area contributed by atoms with E-state index in [4.69, 9.17) is 4.74 Å². The molecule has 0 bridgehead atoms. The minimum Gasteiger partial charge on any atom is -0.462 e. The highest BCUT2D eigenvalue weighted by molar-refractivity contribution is 7.17. The molecule has 0 saturated heterocycles. The van der Waals surface area contributed by atoms with Gasteiger partial charge in [0.15, 0.2) is 0 Å². The molecule has 1 N–H and O–H groups in total. The zero-order chi connectivity index (χ0) is 21.3. The van der Waals surface area contributed by atoms with E-state index in [0.29, 0.717) is 25.9 Å². The van der Waals surface area contributed by atoms with E-state index in [2.05, 4.69) is 5.32 Å². The van der Waals surface area contributed by atoms with Crippen molar-refractivity contribution in [1.29, 1.82) is 0 Å². The van der Waals surface area contributed by atoms with Crippen molar-refractivity contribution in [2.75, 3.05) is 11.9 Å². The Morgan fingerprint density at radius 2 is 1.77 bits per heavy atom. The first kappa shape index (κ1) is 20.0. The molecule has 0 saturated carbocycles. The van der Waals surface area contributed by atoms with Gasteiger partial charge in [0, 0.05) is 4.88 Å². The van der Waals surface area contributed by atoms with Gasteiger partial charge < -0.3 is 10.1 Å². The molecule has 3 heterocycles. The van der Waals surface area contributed by atoms with E-state index in [1.165, 1.54) is 11.3 Å². The Morgan fingerprint density at radius 3 is 2.37 bits per heavy atom. The van der Waals surface area contributed by atoms with Gasteiger partial charge in [0.2, 0.25) is 0 Å². The van der Waals surface area contributed by atoms with Gasteiger partial charge in [-0.1, -0.05) is 18.2 Å². The SMILES string of the molecule is CCOC(=O)c1cc(CN2C(=O)c3ccccc3C2=O)sc1NC(=O)c1cccs1. The second-order valence-electron chi connectivity index (χ2n) is 6.35. The summed E-state index contributed by atoms with van der Waals surface area (Å²) in [5, 5.41) is 4.84. The van der Waals surface area contributed by atoms with Gasteiger partial charge in [0.05, 0.1) is 34.7 Å². The number of hydrogen-bond donors (Lipinski definition) is 1. The number of nitrogens with zero attached hydrogens (tertiary/aromatic N) is 1. The molecule has 1 aliphatic rings. The molecule has 3 aromatic rings. The second-order valence-corrected chi connectivity index (χ2v) is 8.43. The number of nitrogens with one attached hydrogen (secondary N) is 1. The van der Waals surface area contributed by atoms with Crippen LogP contribution in [-0.4, -0.2) is 35.2 Å². The third-order valence-corrected chi connectivity index (χ3v) is 6.35. The van der Waals surface area contributed by atoms with Crippen molar-refractivity contribution in [2.24, 2.45) is 0 Å².